The van der Waals surface area contributed by atoms with Crippen LogP contribution < -0.4 is 10.6 Å². The van der Waals surface area contributed by atoms with Gasteiger partial charge < -0.3 is 15.7 Å². The number of benzene rings is 1. The van der Waals surface area contributed by atoms with Crippen molar-refractivity contribution in [3.8, 4) is 0 Å². The zero-order chi connectivity index (χ0) is 15.4. The number of nitrogens with two attached hydrogens (primary N) is 1. The number of amides is 1. The van der Waals surface area contributed by atoms with Gasteiger partial charge in [-0.25, -0.2) is 9.48 Å². The number of carbonyl (C=O) groups excluding carboxylic acids is 1. The highest BCUT2D eigenvalue weighted by molar-refractivity contribution is 5.93. The summed E-state index contributed by atoms with van der Waals surface area (Å²) in [6.07, 6.45) is 1.61. The predicted octanol–water partition coefficient (Wildman–Crippen LogP) is 0.0980. The van der Waals surface area contributed by atoms with Crippen LogP contribution >= 0.6 is 0 Å². The van der Waals surface area contributed by atoms with E-state index in [1.54, 1.807) is 25.4 Å². The van der Waals surface area contributed by atoms with E-state index in [0.29, 0.717) is 11.4 Å². The van der Waals surface area contributed by atoms with Crippen LogP contribution in [0.4, 0.5) is 5.69 Å². The second-order valence-electron chi connectivity index (χ2n) is 4.42. The van der Waals surface area contributed by atoms with E-state index >= 15 is 0 Å². The lowest BCUT2D eigenvalue weighted by Crippen LogP contribution is -2.30. The predicted molar refractivity (Wildman–Crippen MR) is 74.7 cm³/mol. The topological polar surface area (TPSA) is 114 Å². The van der Waals surface area contributed by atoms with E-state index in [-0.39, 0.29) is 24.6 Å². The second kappa shape index (κ2) is 6.14. The first kappa shape index (κ1) is 14.7. The minimum atomic E-state index is -1.01. The third kappa shape index (κ3) is 3.42. The molecule has 3 N–H and O–H groups in total. The zero-order valence-electron chi connectivity index (χ0n) is 11.4. The summed E-state index contributed by atoms with van der Waals surface area (Å²) >= 11 is 0. The quantitative estimate of drug-likeness (QED) is 0.806. The highest BCUT2D eigenvalue weighted by Gasteiger charge is 2.13. The summed E-state index contributed by atoms with van der Waals surface area (Å²) in [6, 6.07) is 6.05. The standard InChI is InChI=1S/C13H15N5O3/c1-17(11-4-2-9(3-5-11)13(20)21)12(19)8-18-7-10(6-14)15-16-18/h2-5,7H,6,8,14H2,1H3,(H,20,21). The molecule has 8 heteroatoms. The molecule has 0 aliphatic carbocycles. The third-order valence-corrected chi connectivity index (χ3v) is 2.97. The van der Waals surface area contributed by atoms with Crippen LogP contribution in [0.1, 0.15) is 16.1 Å². The summed E-state index contributed by atoms with van der Waals surface area (Å²) in [7, 11) is 1.61. The van der Waals surface area contributed by atoms with Crippen molar-refractivity contribution in [2.45, 2.75) is 13.1 Å². The van der Waals surface area contributed by atoms with E-state index in [0.717, 1.165) is 0 Å². The van der Waals surface area contributed by atoms with Crippen LogP contribution in [-0.4, -0.2) is 39.0 Å². The molecule has 0 atom stereocenters. The number of rotatable bonds is 5. The molecular weight excluding hydrogens is 274 g/mol. The van der Waals surface area contributed by atoms with E-state index in [1.165, 1.54) is 21.7 Å². The number of carbonyl (C=O) groups is 2. The maximum absolute atomic E-state index is 12.1. The Balaban J connectivity index is 2.06. The summed E-state index contributed by atoms with van der Waals surface area (Å²) in [5.41, 5.74) is 6.80. The first-order valence-corrected chi connectivity index (χ1v) is 6.20. The fourth-order valence-corrected chi connectivity index (χ4v) is 1.73. The lowest BCUT2D eigenvalue weighted by Gasteiger charge is -2.17. The average Bonchev–Trinajstić information content (AvgIpc) is 2.94. The van der Waals surface area contributed by atoms with Gasteiger partial charge in [-0.15, -0.1) is 5.10 Å². The second-order valence-corrected chi connectivity index (χ2v) is 4.42. The minimum absolute atomic E-state index is 0.0319. The van der Waals surface area contributed by atoms with Gasteiger partial charge in [0.15, 0.2) is 0 Å². The van der Waals surface area contributed by atoms with Crippen molar-refractivity contribution in [2.24, 2.45) is 5.73 Å². The molecule has 0 saturated carbocycles. The molecule has 1 aromatic carbocycles. The Labute approximate surface area is 120 Å². The van der Waals surface area contributed by atoms with Crippen molar-refractivity contribution in [2.75, 3.05) is 11.9 Å². The molecular formula is C13H15N5O3. The van der Waals surface area contributed by atoms with Gasteiger partial charge in [0.2, 0.25) is 5.91 Å². The number of hydrogen-bond acceptors (Lipinski definition) is 5. The van der Waals surface area contributed by atoms with Crippen molar-refractivity contribution >= 4 is 17.6 Å². The molecule has 21 heavy (non-hydrogen) atoms. The fourth-order valence-electron chi connectivity index (χ4n) is 1.73. The molecule has 0 aliphatic rings. The average molecular weight is 289 g/mol. The normalized spacial score (nSPS) is 10.4. The van der Waals surface area contributed by atoms with Crippen molar-refractivity contribution in [3.05, 3.63) is 41.7 Å². The van der Waals surface area contributed by atoms with Crippen LogP contribution in [0, 0.1) is 0 Å². The van der Waals surface area contributed by atoms with Crippen molar-refractivity contribution in [3.63, 3.8) is 0 Å². The molecule has 0 fully saturated rings. The van der Waals surface area contributed by atoms with Crippen LogP contribution in [0.25, 0.3) is 0 Å². The summed E-state index contributed by atoms with van der Waals surface area (Å²) in [4.78, 5) is 24.3. The molecule has 110 valence electrons. The summed E-state index contributed by atoms with van der Waals surface area (Å²) < 4.78 is 1.41. The lowest BCUT2D eigenvalue weighted by molar-refractivity contribution is -0.119. The van der Waals surface area contributed by atoms with Gasteiger partial charge in [0.25, 0.3) is 0 Å². The molecule has 0 unspecified atom stereocenters. The fraction of sp³-hybridized carbons (Fsp3) is 0.231. The molecule has 0 spiro atoms. The van der Waals surface area contributed by atoms with Gasteiger partial charge in [0.05, 0.1) is 17.5 Å². The summed E-state index contributed by atoms with van der Waals surface area (Å²) in [5.74, 6) is -1.21. The Bertz CT molecular complexity index is 650. The van der Waals surface area contributed by atoms with E-state index in [2.05, 4.69) is 10.3 Å². The van der Waals surface area contributed by atoms with Gasteiger partial charge in [-0.1, -0.05) is 5.21 Å². The largest absolute Gasteiger partial charge is 0.478 e. The molecule has 0 saturated heterocycles. The van der Waals surface area contributed by atoms with Gasteiger partial charge in [0.1, 0.15) is 6.54 Å². The van der Waals surface area contributed by atoms with Crippen LogP contribution in [0.15, 0.2) is 30.5 Å². The van der Waals surface area contributed by atoms with Crippen LogP contribution in [0.2, 0.25) is 0 Å². The first-order chi connectivity index (χ1) is 10.0. The first-order valence-electron chi connectivity index (χ1n) is 6.20. The molecule has 0 radical (unpaired) electrons. The van der Waals surface area contributed by atoms with Gasteiger partial charge in [-0.2, -0.15) is 0 Å². The monoisotopic (exact) mass is 289 g/mol. The smallest absolute Gasteiger partial charge is 0.335 e. The number of anilines is 1. The van der Waals surface area contributed by atoms with Gasteiger partial charge in [-0.3, -0.25) is 4.79 Å². The number of aromatic nitrogens is 3. The molecule has 0 bridgehead atoms. The highest BCUT2D eigenvalue weighted by atomic mass is 16.4. The number of carboxylic acids is 1. The molecule has 2 aromatic rings. The Kier molecular flexibility index (Phi) is 4.29. The Morgan fingerprint density at radius 2 is 2.00 bits per heavy atom. The van der Waals surface area contributed by atoms with Crippen molar-refractivity contribution in [1.29, 1.82) is 0 Å². The molecule has 2 rings (SSSR count). The summed E-state index contributed by atoms with van der Waals surface area (Å²) in [6.45, 7) is 0.296. The van der Waals surface area contributed by atoms with Crippen LogP contribution in [0.5, 0.6) is 0 Å². The van der Waals surface area contributed by atoms with E-state index in [9.17, 15) is 9.59 Å². The molecule has 0 aliphatic heterocycles. The molecule has 1 aromatic heterocycles. The summed E-state index contributed by atoms with van der Waals surface area (Å²) in [5, 5.41) is 16.4. The number of carboxylic acid groups (broad SMARTS) is 1. The minimum Gasteiger partial charge on any atom is -0.478 e. The van der Waals surface area contributed by atoms with Crippen molar-refractivity contribution < 1.29 is 14.7 Å². The maximum atomic E-state index is 12.1. The van der Waals surface area contributed by atoms with Gasteiger partial charge >= 0.3 is 5.97 Å². The Hall–Kier alpha value is -2.74. The van der Waals surface area contributed by atoms with Crippen LogP contribution in [0.3, 0.4) is 0 Å². The number of aromatic carboxylic acids is 1. The number of hydrogen-bond donors (Lipinski definition) is 2. The zero-order valence-corrected chi connectivity index (χ0v) is 11.4. The SMILES string of the molecule is CN(C(=O)Cn1cc(CN)nn1)c1ccc(C(=O)O)cc1. The van der Waals surface area contributed by atoms with E-state index in [1.807, 2.05) is 0 Å². The number of likely N-dealkylation sites (N-methyl/N-ethyl adjacent to an activating group) is 1. The number of nitrogens with zero attached hydrogens (tertiary/aromatic N) is 4. The van der Waals surface area contributed by atoms with E-state index in [4.69, 9.17) is 10.8 Å². The molecule has 1 heterocycles. The van der Waals surface area contributed by atoms with Crippen LogP contribution in [-0.2, 0) is 17.9 Å². The highest BCUT2D eigenvalue weighted by Crippen LogP contribution is 2.14. The Morgan fingerprint density at radius 1 is 1.33 bits per heavy atom. The Morgan fingerprint density at radius 3 is 2.52 bits per heavy atom. The lowest BCUT2D eigenvalue weighted by atomic mass is 10.2. The third-order valence-electron chi connectivity index (χ3n) is 2.97. The maximum Gasteiger partial charge on any atom is 0.335 e. The molecule has 8 nitrogen and oxygen atoms in total. The van der Waals surface area contributed by atoms with E-state index < -0.39 is 5.97 Å². The van der Waals surface area contributed by atoms with Gasteiger partial charge in [-0.05, 0) is 24.3 Å². The van der Waals surface area contributed by atoms with Gasteiger partial charge in [0, 0.05) is 19.3 Å². The van der Waals surface area contributed by atoms with Crippen molar-refractivity contribution in [1.82, 2.24) is 15.0 Å². The molecule has 1 amide bonds.